The van der Waals surface area contributed by atoms with E-state index < -0.39 is 5.82 Å². The molecule has 2 aromatic rings. The summed E-state index contributed by atoms with van der Waals surface area (Å²) in [5.41, 5.74) is 2.07. The summed E-state index contributed by atoms with van der Waals surface area (Å²) in [6, 6.07) is 14.2. The molecular formula is C22H28FNO4. The first-order chi connectivity index (χ1) is 13.7. The van der Waals surface area contributed by atoms with Gasteiger partial charge in [-0.3, -0.25) is 4.79 Å². The highest BCUT2D eigenvalue weighted by Crippen LogP contribution is 2.15. The van der Waals surface area contributed by atoms with E-state index in [0.717, 1.165) is 11.1 Å². The Bertz CT molecular complexity index is 723. The van der Waals surface area contributed by atoms with Gasteiger partial charge >= 0.3 is 0 Å². The number of amides is 1. The van der Waals surface area contributed by atoms with Gasteiger partial charge in [0.2, 0.25) is 5.91 Å². The Morgan fingerprint density at radius 3 is 2.61 bits per heavy atom. The topological polar surface area (TPSA) is 56.8 Å². The van der Waals surface area contributed by atoms with Crippen LogP contribution in [0.15, 0.2) is 48.5 Å². The van der Waals surface area contributed by atoms with E-state index in [-0.39, 0.29) is 11.7 Å². The fraction of sp³-hybridized carbons (Fsp3) is 0.409. The minimum Gasteiger partial charge on any atom is -0.491 e. The average molecular weight is 389 g/mol. The van der Waals surface area contributed by atoms with Gasteiger partial charge in [-0.25, -0.2) is 4.39 Å². The van der Waals surface area contributed by atoms with E-state index in [9.17, 15) is 9.18 Å². The molecule has 1 N–H and O–H groups in total. The van der Waals surface area contributed by atoms with Crippen LogP contribution in [-0.2, 0) is 27.4 Å². The van der Waals surface area contributed by atoms with Gasteiger partial charge in [0.05, 0.1) is 26.4 Å². The standard InChI is InChI=1S/C22H28FNO4/c1-2-26-13-14-27-17-19-8-5-7-18(15-19)16-24-22(25)11-6-12-28-21-10-4-3-9-20(21)23/h3-5,7-10,15H,2,6,11-14,16-17H2,1H3,(H,24,25). The number of rotatable bonds is 13. The third kappa shape index (κ3) is 8.50. The van der Waals surface area contributed by atoms with Gasteiger partial charge in [0.1, 0.15) is 0 Å². The minimum absolute atomic E-state index is 0.0597. The van der Waals surface area contributed by atoms with Crippen LogP contribution >= 0.6 is 0 Å². The molecule has 0 aromatic heterocycles. The van der Waals surface area contributed by atoms with Crippen molar-refractivity contribution >= 4 is 5.91 Å². The van der Waals surface area contributed by atoms with Crippen LogP contribution in [0.5, 0.6) is 5.75 Å². The van der Waals surface area contributed by atoms with Crippen LogP contribution in [0.2, 0.25) is 0 Å². The van der Waals surface area contributed by atoms with Crippen molar-refractivity contribution in [3.8, 4) is 5.75 Å². The minimum atomic E-state index is -0.395. The number of hydrogen-bond donors (Lipinski definition) is 1. The van der Waals surface area contributed by atoms with Crippen molar-refractivity contribution in [2.24, 2.45) is 0 Å². The van der Waals surface area contributed by atoms with E-state index in [2.05, 4.69) is 5.32 Å². The van der Waals surface area contributed by atoms with Gasteiger partial charge < -0.3 is 19.5 Å². The number of para-hydroxylation sites is 1. The third-order valence-corrected chi connectivity index (χ3v) is 3.97. The number of benzene rings is 2. The molecule has 0 heterocycles. The van der Waals surface area contributed by atoms with Crippen molar-refractivity contribution in [3.63, 3.8) is 0 Å². The highest BCUT2D eigenvalue weighted by Gasteiger charge is 2.05. The molecule has 0 saturated heterocycles. The molecule has 2 aromatic carbocycles. The van der Waals surface area contributed by atoms with Gasteiger partial charge in [0, 0.05) is 19.6 Å². The number of ether oxygens (including phenoxy) is 3. The molecule has 0 aliphatic carbocycles. The molecule has 5 nitrogen and oxygen atoms in total. The monoisotopic (exact) mass is 389 g/mol. The molecule has 0 bridgehead atoms. The molecule has 6 heteroatoms. The SMILES string of the molecule is CCOCCOCc1cccc(CNC(=O)CCCOc2ccccc2F)c1. The fourth-order valence-electron chi connectivity index (χ4n) is 2.55. The van der Waals surface area contributed by atoms with Gasteiger partial charge in [-0.15, -0.1) is 0 Å². The average Bonchev–Trinajstić information content (AvgIpc) is 2.71. The van der Waals surface area contributed by atoms with Crippen molar-refractivity contribution in [1.82, 2.24) is 5.32 Å². The number of hydrogen-bond acceptors (Lipinski definition) is 4. The number of carbonyl (C=O) groups excluding carboxylic acids is 1. The zero-order valence-electron chi connectivity index (χ0n) is 16.3. The molecule has 152 valence electrons. The largest absolute Gasteiger partial charge is 0.491 e. The van der Waals surface area contributed by atoms with Crippen LogP contribution in [0.3, 0.4) is 0 Å². The molecule has 0 unspecified atom stereocenters. The molecule has 0 atom stereocenters. The lowest BCUT2D eigenvalue weighted by atomic mass is 10.1. The lowest BCUT2D eigenvalue weighted by Crippen LogP contribution is -2.23. The van der Waals surface area contributed by atoms with Gasteiger partial charge in [-0.05, 0) is 36.6 Å². The summed E-state index contributed by atoms with van der Waals surface area (Å²) in [4.78, 5) is 12.0. The van der Waals surface area contributed by atoms with E-state index in [1.165, 1.54) is 6.07 Å². The quantitative estimate of drug-likeness (QED) is 0.529. The molecule has 28 heavy (non-hydrogen) atoms. The van der Waals surface area contributed by atoms with Gasteiger partial charge in [-0.1, -0.05) is 36.4 Å². The summed E-state index contributed by atoms with van der Waals surface area (Å²) in [5.74, 6) is -0.243. The molecule has 2 rings (SSSR count). The molecule has 1 amide bonds. The maximum absolute atomic E-state index is 13.4. The second kappa shape index (κ2) is 12.9. The summed E-state index contributed by atoms with van der Waals surface area (Å²) in [6.45, 7) is 5.06. The fourth-order valence-corrected chi connectivity index (χ4v) is 2.55. The van der Waals surface area contributed by atoms with Crippen LogP contribution in [0.25, 0.3) is 0 Å². The van der Waals surface area contributed by atoms with Crippen molar-refractivity contribution < 1.29 is 23.4 Å². The van der Waals surface area contributed by atoms with Crippen molar-refractivity contribution in [1.29, 1.82) is 0 Å². The molecule has 0 aliphatic heterocycles. The summed E-state index contributed by atoms with van der Waals surface area (Å²) >= 11 is 0. The Labute approximate surface area is 165 Å². The zero-order chi connectivity index (χ0) is 20.0. The van der Waals surface area contributed by atoms with Crippen LogP contribution < -0.4 is 10.1 Å². The Kier molecular flexibility index (Phi) is 10.0. The lowest BCUT2D eigenvalue weighted by molar-refractivity contribution is -0.121. The first kappa shape index (κ1) is 21.9. The molecule has 0 saturated carbocycles. The zero-order valence-corrected chi connectivity index (χ0v) is 16.3. The van der Waals surface area contributed by atoms with E-state index in [4.69, 9.17) is 14.2 Å². The first-order valence-corrected chi connectivity index (χ1v) is 9.56. The first-order valence-electron chi connectivity index (χ1n) is 9.56. The second-order valence-electron chi connectivity index (χ2n) is 6.23. The van der Waals surface area contributed by atoms with Crippen LogP contribution in [0.4, 0.5) is 4.39 Å². The molecule has 0 aliphatic rings. The highest BCUT2D eigenvalue weighted by molar-refractivity contribution is 5.75. The predicted molar refractivity (Wildman–Crippen MR) is 106 cm³/mol. The van der Waals surface area contributed by atoms with E-state index in [1.807, 2.05) is 31.2 Å². The Morgan fingerprint density at radius 2 is 1.79 bits per heavy atom. The molecule has 0 fully saturated rings. The number of halogens is 1. The maximum atomic E-state index is 13.4. The van der Waals surface area contributed by atoms with Crippen LogP contribution in [-0.4, -0.2) is 32.3 Å². The van der Waals surface area contributed by atoms with Crippen LogP contribution in [0, 0.1) is 5.82 Å². The van der Waals surface area contributed by atoms with E-state index >= 15 is 0 Å². The molecule has 0 spiro atoms. The summed E-state index contributed by atoms with van der Waals surface area (Å²) in [6.07, 6.45) is 0.850. The normalized spacial score (nSPS) is 10.6. The second-order valence-corrected chi connectivity index (χ2v) is 6.23. The van der Waals surface area contributed by atoms with Gasteiger partial charge in [0.25, 0.3) is 0 Å². The predicted octanol–water partition coefficient (Wildman–Crippen LogP) is 3.85. The molecule has 0 radical (unpaired) electrons. The van der Waals surface area contributed by atoms with Crippen molar-refractivity contribution in [2.75, 3.05) is 26.4 Å². The van der Waals surface area contributed by atoms with Gasteiger partial charge in [0.15, 0.2) is 11.6 Å². The lowest BCUT2D eigenvalue weighted by Gasteiger charge is -2.09. The van der Waals surface area contributed by atoms with Crippen molar-refractivity contribution in [2.45, 2.75) is 32.9 Å². The summed E-state index contributed by atoms with van der Waals surface area (Å²) < 4.78 is 29.6. The Hall–Kier alpha value is -2.44. The Morgan fingerprint density at radius 1 is 1.00 bits per heavy atom. The number of carbonyl (C=O) groups is 1. The van der Waals surface area contributed by atoms with Crippen LogP contribution in [0.1, 0.15) is 30.9 Å². The maximum Gasteiger partial charge on any atom is 0.220 e. The highest BCUT2D eigenvalue weighted by atomic mass is 19.1. The number of nitrogens with one attached hydrogen (secondary N) is 1. The Balaban J connectivity index is 1.62. The smallest absolute Gasteiger partial charge is 0.220 e. The van der Waals surface area contributed by atoms with Crippen molar-refractivity contribution in [3.05, 3.63) is 65.5 Å². The summed E-state index contributed by atoms with van der Waals surface area (Å²) in [7, 11) is 0. The third-order valence-electron chi connectivity index (χ3n) is 3.97. The van der Waals surface area contributed by atoms with E-state index in [0.29, 0.717) is 52.4 Å². The van der Waals surface area contributed by atoms with E-state index in [1.54, 1.807) is 18.2 Å². The summed E-state index contributed by atoms with van der Waals surface area (Å²) in [5, 5.41) is 2.89. The van der Waals surface area contributed by atoms with Gasteiger partial charge in [-0.2, -0.15) is 0 Å². The molecular weight excluding hydrogens is 361 g/mol.